The second-order valence-electron chi connectivity index (χ2n) is 4.14. The minimum atomic E-state index is -4.68. The fourth-order valence-corrected chi connectivity index (χ4v) is 1.99. The van der Waals surface area contributed by atoms with Gasteiger partial charge in [0, 0.05) is 17.2 Å². The standard InChI is InChI=1S/C12H5Cl2F3N4O/c13-6-1-2-7(14)8(5-6)22-10-4-3-9-18-19-11(12(15,16)17)21(9)20-10/h1-5H. The van der Waals surface area contributed by atoms with Gasteiger partial charge in [0.25, 0.3) is 5.82 Å². The zero-order valence-corrected chi connectivity index (χ0v) is 12.0. The van der Waals surface area contributed by atoms with Gasteiger partial charge >= 0.3 is 6.18 Å². The molecule has 0 saturated heterocycles. The molecule has 0 aliphatic rings. The van der Waals surface area contributed by atoms with E-state index in [4.69, 9.17) is 27.9 Å². The average molecular weight is 349 g/mol. The number of fused-ring (bicyclic) bond motifs is 1. The van der Waals surface area contributed by atoms with Crippen LogP contribution < -0.4 is 4.74 Å². The largest absolute Gasteiger partial charge is 0.453 e. The Balaban J connectivity index is 2.03. The number of hydrogen-bond donors (Lipinski definition) is 0. The summed E-state index contributed by atoms with van der Waals surface area (Å²) in [4.78, 5) is 0. The van der Waals surface area contributed by atoms with Crippen molar-refractivity contribution in [1.29, 1.82) is 0 Å². The minimum Gasteiger partial charge on any atom is -0.436 e. The fraction of sp³-hybridized carbons (Fsp3) is 0.0833. The predicted molar refractivity (Wildman–Crippen MR) is 72.3 cm³/mol. The minimum absolute atomic E-state index is 0.0585. The average Bonchev–Trinajstić information content (AvgIpc) is 2.86. The summed E-state index contributed by atoms with van der Waals surface area (Å²) in [5, 5.41) is 10.8. The molecule has 0 radical (unpaired) electrons. The third kappa shape index (κ3) is 2.79. The van der Waals surface area contributed by atoms with Crippen LogP contribution in [0.4, 0.5) is 13.2 Å². The Morgan fingerprint density at radius 2 is 1.82 bits per heavy atom. The Labute approximate surface area is 131 Å². The summed E-state index contributed by atoms with van der Waals surface area (Å²) in [5.41, 5.74) is -0.0585. The van der Waals surface area contributed by atoms with E-state index in [9.17, 15) is 13.2 Å². The molecule has 0 aliphatic carbocycles. The molecule has 2 heterocycles. The lowest BCUT2D eigenvalue weighted by atomic mass is 10.3. The highest BCUT2D eigenvalue weighted by Gasteiger charge is 2.37. The van der Waals surface area contributed by atoms with E-state index in [1.165, 1.54) is 24.3 Å². The highest BCUT2D eigenvalue weighted by Crippen LogP contribution is 2.32. The SMILES string of the molecule is FC(F)(F)c1nnc2ccc(Oc3cc(Cl)ccc3Cl)nn12. The van der Waals surface area contributed by atoms with Crippen LogP contribution in [0.3, 0.4) is 0 Å². The van der Waals surface area contributed by atoms with E-state index in [0.29, 0.717) is 9.54 Å². The van der Waals surface area contributed by atoms with Crippen LogP contribution in [0, 0.1) is 0 Å². The summed E-state index contributed by atoms with van der Waals surface area (Å²) >= 11 is 11.7. The first-order valence-corrected chi connectivity index (χ1v) is 6.53. The zero-order chi connectivity index (χ0) is 15.9. The summed E-state index contributed by atoms with van der Waals surface area (Å²) in [6.07, 6.45) is -4.68. The number of hydrogen-bond acceptors (Lipinski definition) is 4. The van der Waals surface area contributed by atoms with E-state index in [0.717, 1.165) is 0 Å². The Morgan fingerprint density at radius 3 is 2.55 bits per heavy atom. The van der Waals surface area contributed by atoms with Crippen LogP contribution in [-0.2, 0) is 6.18 Å². The van der Waals surface area contributed by atoms with Crippen molar-refractivity contribution >= 4 is 28.8 Å². The summed E-state index contributed by atoms with van der Waals surface area (Å²) in [7, 11) is 0. The lowest BCUT2D eigenvalue weighted by Gasteiger charge is -2.08. The van der Waals surface area contributed by atoms with Crippen molar-refractivity contribution in [2.45, 2.75) is 6.18 Å². The van der Waals surface area contributed by atoms with Gasteiger partial charge in [-0.25, -0.2) is 0 Å². The molecule has 22 heavy (non-hydrogen) atoms. The van der Waals surface area contributed by atoms with Gasteiger partial charge in [0.2, 0.25) is 5.88 Å². The van der Waals surface area contributed by atoms with Crippen molar-refractivity contribution in [3.8, 4) is 11.6 Å². The van der Waals surface area contributed by atoms with E-state index in [1.54, 1.807) is 6.07 Å². The van der Waals surface area contributed by atoms with Crippen LogP contribution in [-0.4, -0.2) is 19.8 Å². The van der Waals surface area contributed by atoms with Crippen molar-refractivity contribution in [3.05, 3.63) is 46.2 Å². The van der Waals surface area contributed by atoms with Crippen LogP contribution in [0.1, 0.15) is 5.82 Å². The number of alkyl halides is 3. The van der Waals surface area contributed by atoms with Gasteiger partial charge in [-0.1, -0.05) is 23.2 Å². The van der Waals surface area contributed by atoms with Gasteiger partial charge in [0.1, 0.15) is 5.75 Å². The molecule has 10 heteroatoms. The van der Waals surface area contributed by atoms with E-state index >= 15 is 0 Å². The Morgan fingerprint density at radius 1 is 1.05 bits per heavy atom. The molecule has 0 bridgehead atoms. The molecule has 1 aromatic carbocycles. The van der Waals surface area contributed by atoms with Crippen LogP contribution in [0.2, 0.25) is 10.0 Å². The Hall–Kier alpha value is -2.06. The highest BCUT2D eigenvalue weighted by atomic mass is 35.5. The molecule has 0 amide bonds. The van der Waals surface area contributed by atoms with Crippen molar-refractivity contribution in [1.82, 2.24) is 19.8 Å². The molecule has 3 rings (SSSR count). The van der Waals surface area contributed by atoms with Crippen LogP contribution in [0.5, 0.6) is 11.6 Å². The van der Waals surface area contributed by atoms with Gasteiger partial charge in [-0.2, -0.15) is 17.7 Å². The molecule has 2 aromatic heterocycles. The van der Waals surface area contributed by atoms with Gasteiger partial charge in [-0.3, -0.25) is 0 Å². The van der Waals surface area contributed by atoms with Crippen LogP contribution in [0.15, 0.2) is 30.3 Å². The third-order valence-corrected chi connectivity index (χ3v) is 3.15. The van der Waals surface area contributed by atoms with Crippen molar-refractivity contribution in [3.63, 3.8) is 0 Å². The van der Waals surface area contributed by atoms with Gasteiger partial charge in [0.15, 0.2) is 5.65 Å². The Kier molecular flexibility index (Phi) is 3.57. The number of benzene rings is 1. The van der Waals surface area contributed by atoms with Gasteiger partial charge in [-0.15, -0.1) is 15.3 Å². The first-order chi connectivity index (χ1) is 10.3. The second kappa shape index (κ2) is 5.29. The lowest BCUT2D eigenvalue weighted by molar-refractivity contribution is -0.146. The maximum absolute atomic E-state index is 12.8. The third-order valence-electron chi connectivity index (χ3n) is 2.60. The van der Waals surface area contributed by atoms with Gasteiger partial charge < -0.3 is 4.74 Å². The molecule has 0 unspecified atom stereocenters. The molecule has 0 fully saturated rings. The summed E-state index contributed by atoms with van der Waals surface area (Å²) < 4.78 is 44.3. The fourth-order valence-electron chi connectivity index (χ4n) is 1.67. The molecule has 0 spiro atoms. The van der Waals surface area contributed by atoms with Crippen molar-refractivity contribution < 1.29 is 17.9 Å². The number of nitrogens with zero attached hydrogens (tertiary/aromatic N) is 4. The molecule has 5 nitrogen and oxygen atoms in total. The summed E-state index contributed by atoms with van der Waals surface area (Å²) in [6.45, 7) is 0. The second-order valence-corrected chi connectivity index (χ2v) is 4.98. The first kappa shape index (κ1) is 14.9. The molecule has 0 N–H and O–H groups in total. The Bertz CT molecular complexity index is 850. The molecule has 3 aromatic rings. The molecular formula is C12H5Cl2F3N4O. The summed E-state index contributed by atoms with van der Waals surface area (Å²) in [5.74, 6) is -1.19. The number of halogens is 5. The van der Waals surface area contributed by atoms with Gasteiger partial charge in [0.05, 0.1) is 5.02 Å². The van der Waals surface area contributed by atoms with E-state index in [1.807, 2.05) is 0 Å². The quantitative estimate of drug-likeness (QED) is 0.694. The molecular weight excluding hydrogens is 344 g/mol. The van der Waals surface area contributed by atoms with Gasteiger partial charge in [-0.05, 0) is 18.2 Å². The molecule has 0 aliphatic heterocycles. The lowest BCUT2D eigenvalue weighted by Crippen LogP contribution is -2.12. The van der Waals surface area contributed by atoms with Crippen LogP contribution >= 0.6 is 23.2 Å². The number of rotatable bonds is 2. The van der Waals surface area contributed by atoms with Crippen molar-refractivity contribution in [2.24, 2.45) is 0 Å². The van der Waals surface area contributed by atoms with E-state index < -0.39 is 12.0 Å². The molecule has 0 atom stereocenters. The van der Waals surface area contributed by atoms with Crippen molar-refractivity contribution in [2.75, 3.05) is 0 Å². The molecule has 114 valence electrons. The van der Waals surface area contributed by atoms with E-state index in [2.05, 4.69) is 15.3 Å². The summed E-state index contributed by atoms with van der Waals surface area (Å²) in [6, 6.07) is 7.11. The van der Waals surface area contributed by atoms with E-state index in [-0.39, 0.29) is 22.3 Å². The number of aromatic nitrogens is 4. The first-order valence-electron chi connectivity index (χ1n) is 5.77. The predicted octanol–water partition coefficient (Wildman–Crippen LogP) is 4.24. The highest BCUT2D eigenvalue weighted by molar-refractivity contribution is 6.34. The smallest absolute Gasteiger partial charge is 0.436 e. The molecule has 0 saturated carbocycles. The maximum atomic E-state index is 12.8. The topological polar surface area (TPSA) is 52.3 Å². The van der Waals surface area contributed by atoms with Crippen LogP contribution in [0.25, 0.3) is 5.65 Å². The number of ether oxygens (including phenoxy) is 1. The monoisotopic (exact) mass is 348 g/mol. The normalized spacial score (nSPS) is 11.9. The zero-order valence-electron chi connectivity index (χ0n) is 10.5. The maximum Gasteiger partial charge on any atom is 0.453 e.